The molecule has 0 saturated heterocycles. The number of carbonyl (C=O) groups is 1. The number of carbonyl (C=O) groups excluding carboxylic acids is 1. The maximum absolute atomic E-state index is 11.5. The second-order valence-electron chi connectivity index (χ2n) is 5.91. The Morgan fingerprint density at radius 2 is 1.15 bits per heavy atom. The second kappa shape index (κ2) is 13.2. The molecule has 1 rings (SSSR count). The Hall–Kier alpha value is -0.790. The predicted molar refractivity (Wildman–Crippen MR) is 84.7 cm³/mol. The van der Waals surface area contributed by atoms with E-state index in [-0.39, 0.29) is 5.97 Å². The lowest BCUT2D eigenvalue weighted by molar-refractivity contribution is -0.143. The Kier molecular flexibility index (Phi) is 11.4. The first-order chi connectivity index (χ1) is 9.89. The zero-order valence-electron chi connectivity index (χ0n) is 13.1. The quantitative estimate of drug-likeness (QED) is 0.429. The van der Waals surface area contributed by atoms with E-state index < -0.39 is 0 Å². The normalized spacial score (nSPS) is 22.3. The van der Waals surface area contributed by atoms with E-state index in [0.717, 1.165) is 12.8 Å². The summed E-state index contributed by atoms with van der Waals surface area (Å²) in [5.41, 5.74) is 0. The third kappa shape index (κ3) is 11.1. The third-order valence-corrected chi connectivity index (χ3v) is 3.95. The van der Waals surface area contributed by atoms with E-state index in [1.807, 2.05) is 0 Å². The highest BCUT2D eigenvalue weighted by atomic mass is 16.5. The molecule has 116 valence electrons. The molecule has 1 aliphatic rings. The summed E-state index contributed by atoms with van der Waals surface area (Å²) in [4.78, 5) is 11.5. The summed E-state index contributed by atoms with van der Waals surface area (Å²) in [5, 5.41) is 0. The van der Waals surface area contributed by atoms with Crippen molar-refractivity contribution in [2.75, 3.05) is 6.61 Å². The molecular formula is C18H32O2. The standard InChI is InChI=1S/C18H32O2/c19-18-16-14-12-10-8-6-4-2-1-3-5-7-9-11-13-15-17-20-18/h1-2H,3-17H2. The second-order valence-corrected chi connectivity index (χ2v) is 5.91. The predicted octanol–water partition coefficient (Wildman–Crippen LogP) is 5.56. The van der Waals surface area contributed by atoms with Crippen LogP contribution in [-0.2, 0) is 9.53 Å². The summed E-state index contributed by atoms with van der Waals surface area (Å²) < 4.78 is 5.26. The van der Waals surface area contributed by atoms with E-state index in [2.05, 4.69) is 12.2 Å². The Bertz CT molecular complexity index is 258. The highest BCUT2D eigenvalue weighted by molar-refractivity contribution is 5.69. The molecule has 0 fully saturated rings. The van der Waals surface area contributed by atoms with Crippen LogP contribution in [0, 0.1) is 0 Å². The van der Waals surface area contributed by atoms with Crippen molar-refractivity contribution in [3.63, 3.8) is 0 Å². The first-order valence-corrected chi connectivity index (χ1v) is 8.70. The zero-order valence-corrected chi connectivity index (χ0v) is 13.1. The molecule has 0 saturated carbocycles. The summed E-state index contributed by atoms with van der Waals surface area (Å²) in [6.45, 7) is 0.627. The van der Waals surface area contributed by atoms with Crippen LogP contribution in [-0.4, -0.2) is 12.6 Å². The van der Waals surface area contributed by atoms with Gasteiger partial charge in [-0.15, -0.1) is 0 Å². The van der Waals surface area contributed by atoms with Gasteiger partial charge in [-0.3, -0.25) is 4.79 Å². The molecule has 0 atom stereocenters. The van der Waals surface area contributed by atoms with E-state index in [9.17, 15) is 4.79 Å². The molecule has 20 heavy (non-hydrogen) atoms. The number of cyclic esters (lactones) is 1. The minimum absolute atomic E-state index is 0.00542. The molecule has 0 aromatic carbocycles. The monoisotopic (exact) mass is 280 g/mol. The van der Waals surface area contributed by atoms with E-state index >= 15 is 0 Å². The maximum Gasteiger partial charge on any atom is 0.305 e. The first-order valence-electron chi connectivity index (χ1n) is 8.70. The van der Waals surface area contributed by atoms with Crippen LogP contribution in [0.15, 0.2) is 12.2 Å². The molecular weight excluding hydrogens is 248 g/mol. The van der Waals surface area contributed by atoms with Gasteiger partial charge in [-0.25, -0.2) is 0 Å². The van der Waals surface area contributed by atoms with Gasteiger partial charge in [0.1, 0.15) is 0 Å². The van der Waals surface area contributed by atoms with E-state index in [4.69, 9.17) is 4.74 Å². The number of hydrogen-bond acceptors (Lipinski definition) is 2. The van der Waals surface area contributed by atoms with Crippen LogP contribution in [0.1, 0.15) is 89.9 Å². The van der Waals surface area contributed by atoms with Crippen molar-refractivity contribution >= 4 is 5.97 Å². The summed E-state index contributed by atoms with van der Waals surface area (Å²) in [6, 6.07) is 0. The molecule has 1 aliphatic heterocycles. The Morgan fingerprint density at radius 1 is 0.650 bits per heavy atom. The fourth-order valence-corrected chi connectivity index (χ4v) is 2.63. The van der Waals surface area contributed by atoms with Gasteiger partial charge in [-0.05, 0) is 38.5 Å². The number of ether oxygens (including phenoxy) is 1. The number of rotatable bonds is 0. The number of esters is 1. The Morgan fingerprint density at radius 3 is 1.80 bits per heavy atom. The van der Waals surface area contributed by atoms with Gasteiger partial charge >= 0.3 is 5.97 Å². The average molecular weight is 280 g/mol. The summed E-state index contributed by atoms with van der Waals surface area (Å²) in [7, 11) is 0. The first kappa shape index (κ1) is 17.3. The van der Waals surface area contributed by atoms with E-state index in [1.54, 1.807) is 0 Å². The van der Waals surface area contributed by atoms with Gasteiger partial charge < -0.3 is 4.74 Å². The minimum atomic E-state index is 0.00542. The van der Waals surface area contributed by atoms with Gasteiger partial charge in [-0.2, -0.15) is 0 Å². The molecule has 0 bridgehead atoms. The van der Waals surface area contributed by atoms with Crippen LogP contribution in [0.3, 0.4) is 0 Å². The molecule has 2 nitrogen and oxygen atoms in total. The van der Waals surface area contributed by atoms with Crippen LogP contribution < -0.4 is 0 Å². The topological polar surface area (TPSA) is 26.3 Å². The van der Waals surface area contributed by atoms with Crippen molar-refractivity contribution in [1.82, 2.24) is 0 Å². The van der Waals surface area contributed by atoms with Gasteiger partial charge in [0.15, 0.2) is 0 Å². The summed E-state index contributed by atoms with van der Waals surface area (Å²) >= 11 is 0. The third-order valence-electron chi connectivity index (χ3n) is 3.95. The van der Waals surface area contributed by atoms with Gasteiger partial charge in [0.25, 0.3) is 0 Å². The molecule has 0 amide bonds. The highest BCUT2D eigenvalue weighted by Crippen LogP contribution is 2.11. The van der Waals surface area contributed by atoms with Gasteiger partial charge in [0.05, 0.1) is 6.61 Å². The minimum Gasteiger partial charge on any atom is -0.466 e. The molecule has 0 radical (unpaired) electrons. The number of allylic oxidation sites excluding steroid dienone is 2. The van der Waals surface area contributed by atoms with Crippen molar-refractivity contribution < 1.29 is 9.53 Å². The lowest BCUT2D eigenvalue weighted by atomic mass is 10.1. The van der Waals surface area contributed by atoms with E-state index in [1.165, 1.54) is 70.6 Å². The molecule has 0 aromatic rings. The molecule has 0 aliphatic carbocycles. The molecule has 0 N–H and O–H groups in total. The van der Waals surface area contributed by atoms with Gasteiger partial charge in [-0.1, -0.05) is 57.1 Å². The van der Waals surface area contributed by atoms with Crippen LogP contribution in [0.5, 0.6) is 0 Å². The lowest BCUT2D eigenvalue weighted by Gasteiger charge is -2.05. The molecule has 0 aromatic heterocycles. The largest absolute Gasteiger partial charge is 0.466 e. The van der Waals surface area contributed by atoms with Crippen LogP contribution >= 0.6 is 0 Å². The summed E-state index contributed by atoms with van der Waals surface area (Å²) in [6.07, 6.45) is 21.3. The molecule has 1 heterocycles. The van der Waals surface area contributed by atoms with E-state index in [0.29, 0.717) is 13.0 Å². The highest BCUT2D eigenvalue weighted by Gasteiger charge is 2.02. The van der Waals surface area contributed by atoms with Crippen molar-refractivity contribution in [1.29, 1.82) is 0 Å². The fourth-order valence-electron chi connectivity index (χ4n) is 2.63. The zero-order chi connectivity index (χ0) is 14.3. The maximum atomic E-state index is 11.5. The fraction of sp³-hybridized carbons (Fsp3) is 0.833. The van der Waals surface area contributed by atoms with Crippen LogP contribution in [0.4, 0.5) is 0 Å². The van der Waals surface area contributed by atoms with Gasteiger partial charge in [0.2, 0.25) is 0 Å². The lowest BCUT2D eigenvalue weighted by Crippen LogP contribution is -2.05. The number of hydrogen-bond donors (Lipinski definition) is 0. The van der Waals surface area contributed by atoms with Gasteiger partial charge in [0, 0.05) is 6.42 Å². The van der Waals surface area contributed by atoms with Crippen molar-refractivity contribution in [2.24, 2.45) is 0 Å². The Balaban J connectivity index is 2.15. The average Bonchev–Trinajstić information content (AvgIpc) is 2.45. The van der Waals surface area contributed by atoms with Crippen molar-refractivity contribution in [3.05, 3.63) is 12.2 Å². The smallest absolute Gasteiger partial charge is 0.305 e. The molecule has 0 unspecified atom stereocenters. The Labute approximate surface area is 125 Å². The van der Waals surface area contributed by atoms with Crippen LogP contribution in [0.25, 0.3) is 0 Å². The molecule has 2 heteroatoms. The van der Waals surface area contributed by atoms with Crippen molar-refractivity contribution in [2.45, 2.75) is 89.9 Å². The van der Waals surface area contributed by atoms with Crippen LogP contribution in [0.2, 0.25) is 0 Å². The summed E-state index contributed by atoms with van der Waals surface area (Å²) in [5.74, 6) is 0.00542. The van der Waals surface area contributed by atoms with Crippen molar-refractivity contribution in [3.8, 4) is 0 Å². The molecule has 0 spiro atoms. The SMILES string of the molecule is O=C1CCCCCCCC=CCCCCCCCCO1.